The number of fused-ring (bicyclic) bond motifs is 3. The Labute approximate surface area is 124 Å². The summed E-state index contributed by atoms with van der Waals surface area (Å²) in [4.78, 5) is 26.6. The second kappa shape index (κ2) is 4.70. The maximum atomic E-state index is 13.0. The van der Waals surface area contributed by atoms with Crippen molar-refractivity contribution >= 4 is 11.9 Å². The number of hydrogen-bond acceptors (Lipinski definition) is 3. The number of rotatable bonds is 2. The molecule has 21 heavy (non-hydrogen) atoms. The van der Waals surface area contributed by atoms with Gasteiger partial charge in [-0.05, 0) is 57.3 Å². The molecule has 3 saturated heterocycles. The molecule has 4 fully saturated rings. The van der Waals surface area contributed by atoms with Crippen LogP contribution in [0.1, 0.15) is 51.4 Å². The van der Waals surface area contributed by atoms with Crippen molar-refractivity contribution in [1.82, 2.24) is 4.90 Å². The zero-order chi connectivity index (χ0) is 14.6. The van der Waals surface area contributed by atoms with E-state index in [0.29, 0.717) is 13.0 Å². The van der Waals surface area contributed by atoms with Crippen LogP contribution in [0.25, 0.3) is 0 Å². The molecule has 1 N–H and O–H groups in total. The topological polar surface area (TPSA) is 66.8 Å². The third-order valence-corrected chi connectivity index (χ3v) is 6.24. The highest BCUT2D eigenvalue weighted by atomic mass is 16.5. The first-order valence-electron chi connectivity index (χ1n) is 8.31. The molecule has 1 unspecified atom stereocenters. The molecule has 0 aromatic carbocycles. The second-order valence-corrected chi connectivity index (χ2v) is 7.22. The second-order valence-electron chi connectivity index (χ2n) is 7.22. The van der Waals surface area contributed by atoms with E-state index in [0.717, 1.165) is 44.9 Å². The number of carboxylic acid groups (broad SMARTS) is 1. The number of aliphatic carboxylic acids is 1. The third kappa shape index (κ3) is 1.86. The third-order valence-electron chi connectivity index (χ3n) is 6.24. The molecule has 5 atom stereocenters. The van der Waals surface area contributed by atoms with Crippen LogP contribution < -0.4 is 0 Å². The van der Waals surface area contributed by atoms with Gasteiger partial charge in [0, 0.05) is 12.5 Å². The Morgan fingerprint density at radius 3 is 2.38 bits per heavy atom. The lowest BCUT2D eigenvalue weighted by Gasteiger charge is -2.56. The molecule has 1 amide bonds. The van der Waals surface area contributed by atoms with Crippen molar-refractivity contribution in [3.8, 4) is 0 Å². The van der Waals surface area contributed by atoms with Gasteiger partial charge in [-0.25, -0.2) is 4.79 Å². The molecule has 0 aromatic heterocycles. The van der Waals surface area contributed by atoms with Gasteiger partial charge in [0.1, 0.15) is 5.54 Å². The molecule has 4 aliphatic rings. The summed E-state index contributed by atoms with van der Waals surface area (Å²) >= 11 is 0. The van der Waals surface area contributed by atoms with E-state index in [1.165, 1.54) is 0 Å². The number of hydrogen-bond donors (Lipinski definition) is 1. The highest BCUT2D eigenvalue weighted by molar-refractivity contribution is 5.89. The summed E-state index contributed by atoms with van der Waals surface area (Å²) in [5.41, 5.74) is -0.882. The predicted octanol–water partition coefficient (Wildman–Crippen LogP) is 1.80. The highest BCUT2D eigenvalue weighted by Crippen LogP contribution is 2.50. The number of carboxylic acids is 1. The summed E-state index contributed by atoms with van der Waals surface area (Å²) in [5, 5.41) is 9.73. The van der Waals surface area contributed by atoms with Gasteiger partial charge in [0.25, 0.3) is 0 Å². The zero-order valence-electron chi connectivity index (χ0n) is 12.3. The number of ether oxygens (including phenoxy) is 1. The van der Waals surface area contributed by atoms with Gasteiger partial charge in [0.05, 0.1) is 12.2 Å². The summed E-state index contributed by atoms with van der Waals surface area (Å²) in [6.07, 6.45) is 7.61. The number of carbonyl (C=O) groups is 2. The van der Waals surface area contributed by atoms with Crippen molar-refractivity contribution in [2.45, 2.75) is 69.1 Å². The molecule has 5 heteroatoms. The van der Waals surface area contributed by atoms with Gasteiger partial charge in [-0.3, -0.25) is 4.79 Å². The van der Waals surface area contributed by atoms with Crippen LogP contribution in [0.3, 0.4) is 0 Å². The number of piperidine rings is 1. The Morgan fingerprint density at radius 2 is 1.81 bits per heavy atom. The molecule has 3 heterocycles. The van der Waals surface area contributed by atoms with E-state index < -0.39 is 11.5 Å². The minimum atomic E-state index is -0.882. The largest absolute Gasteiger partial charge is 0.479 e. The lowest BCUT2D eigenvalue weighted by Crippen LogP contribution is -2.69. The first-order chi connectivity index (χ1) is 10.1. The van der Waals surface area contributed by atoms with E-state index in [-0.39, 0.29) is 30.0 Å². The molecule has 5 nitrogen and oxygen atoms in total. The molecule has 0 aromatic rings. The maximum absolute atomic E-state index is 13.0. The lowest BCUT2D eigenvalue weighted by molar-refractivity contribution is -0.183. The minimum Gasteiger partial charge on any atom is -0.479 e. The smallest absolute Gasteiger partial charge is 0.329 e. The van der Waals surface area contributed by atoms with Gasteiger partial charge in [0.15, 0.2) is 0 Å². The molecule has 0 spiro atoms. The lowest BCUT2D eigenvalue weighted by atomic mass is 9.61. The average Bonchev–Trinajstić information content (AvgIpc) is 2.77. The van der Waals surface area contributed by atoms with Crippen LogP contribution in [-0.4, -0.2) is 46.2 Å². The maximum Gasteiger partial charge on any atom is 0.329 e. The van der Waals surface area contributed by atoms with Gasteiger partial charge in [-0.15, -0.1) is 0 Å². The molecule has 116 valence electrons. The normalized spacial score (nSPS) is 44.9. The molecule has 1 saturated carbocycles. The van der Waals surface area contributed by atoms with Crippen molar-refractivity contribution in [3.05, 3.63) is 0 Å². The number of nitrogens with zero attached hydrogens (tertiary/aromatic N) is 1. The Kier molecular flexibility index (Phi) is 3.03. The fourth-order valence-electron chi connectivity index (χ4n) is 5.04. The highest BCUT2D eigenvalue weighted by Gasteiger charge is 2.60. The van der Waals surface area contributed by atoms with Gasteiger partial charge >= 0.3 is 5.97 Å². The van der Waals surface area contributed by atoms with Crippen molar-refractivity contribution in [1.29, 1.82) is 0 Å². The summed E-state index contributed by atoms with van der Waals surface area (Å²) in [7, 11) is 0. The fraction of sp³-hybridized carbons (Fsp3) is 0.875. The fourth-order valence-corrected chi connectivity index (χ4v) is 5.04. The van der Waals surface area contributed by atoms with Gasteiger partial charge in [-0.1, -0.05) is 0 Å². The molecule has 4 rings (SSSR count). The van der Waals surface area contributed by atoms with Crippen molar-refractivity contribution < 1.29 is 19.4 Å². The van der Waals surface area contributed by atoms with E-state index >= 15 is 0 Å². The molecule has 0 radical (unpaired) electrons. The van der Waals surface area contributed by atoms with Crippen molar-refractivity contribution in [3.63, 3.8) is 0 Å². The Bertz CT molecular complexity index is 467. The van der Waals surface area contributed by atoms with E-state index in [1.54, 1.807) is 4.90 Å². The molecule has 1 aliphatic carbocycles. The van der Waals surface area contributed by atoms with Crippen LogP contribution >= 0.6 is 0 Å². The first kappa shape index (κ1) is 13.6. The summed E-state index contributed by atoms with van der Waals surface area (Å²) in [5.74, 6) is -0.556. The van der Waals surface area contributed by atoms with E-state index in [4.69, 9.17) is 4.74 Å². The average molecular weight is 293 g/mol. The predicted molar refractivity (Wildman–Crippen MR) is 74.7 cm³/mol. The van der Waals surface area contributed by atoms with E-state index in [1.807, 2.05) is 0 Å². The Morgan fingerprint density at radius 1 is 1.10 bits per heavy atom. The van der Waals surface area contributed by atoms with Crippen LogP contribution in [0.15, 0.2) is 0 Å². The number of likely N-dealkylation sites (tertiary alicyclic amines) is 1. The number of carbonyl (C=O) groups excluding carboxylic acids is 1. The van der Waals surface area contributed by atoms with Gasteiger partial charge in [0.2, 0.25) is 5.91 Å². The standard InChI is InChI=1S/C16H23NO4/c18-14(10-8-12-3-4-13(9-10)21-12)17-7-1-2-11-5-6-16(11,17)15(19)20/h10-13H,1-9H2,(H,19,20)/t10?,11-,12-,13+,16+/m1/s1. The minimum absolute atomic E-state index is 0.0215. The molecular formula is C16H23NO4. The van der Waals surface area contributed by atoms with E-state index in [9.17, 15) is 14.7 Å². The SMILES string of the molecule is O=C(C1C[C@H]2CC[C@@H](C1)O2)N1CCC[C@@H]2CC[C@@]21C(=O)O. The van der Waals surface area contributed by atoms with Crippen LogP contribution in [0, 0.1) is 11.8 Å². The van der Waals surface area contributed by atoms with Crippen LogP contribution in [0.4, 0.5) is 0 Å². The van der Waals surface area contributed by atoms with Crippen LogP contribution in [0.5, 0.6) is 0 Å². The summed E-state index contributed by atoms with van der Waals surface area (Å²) in [6, 6.07) is 0. The van der Waals surface area contributed by atoms with Gasteiger partial charge in [-0.2, -0.15) is 0 Å². The van der Waals surface area contributed by atoms with Crippen molar-refractivity contribution in [2.75, 3.05) is 6.54 Å². The Balaban J connectivity index is 1.56. The van der Waals surface area contributed by atoms with Crippen molar-refractivity contribution in [2.24, 2.45) is 11.8 Å². The Hall–Kier alpha value is -1.10. The monoisotopic (exact) mass is 293 g/mol. The quantitative estimate of drug-likeness (QED) is 0.843. The first-order valence-corrected chi connectivity index (χ1v) is 8.31. The van der Waals surface area contributed by atoms with Crippen LogP contribution in [0.2, 0.25) is 0 Å². The summed E-state index contributed by atoms with van der Waals surface area (Å²) < 4.78 is 5.81. The molecule has 3 aliphatic heterocycles. The molecular weight excluding hydrogens is 270 g/mol. The zero-order valence-corrected chi connectivity index (χ0v) is 12.3. The molecule has 2 bridgehead atoms. The number of amides is 1. The van der Waals surface area contributed by atoms with Gasteiger partial charge < -0.3 is 14.7 Å². The summed E-state index contributed by atoms with van der Waals surface area (Å²) in [6.45, 7) is 0.619. The van der Waals surface area contributed by atoms with Crippen LogP contribution in [-0.2, 0) is 14.3 Å². The van der Waals surface area contributed by atoms with E-state index in [2.05, 4.69) is 0 Å².